The Labute approximate surface area is 219 Å². The largest absolute Gasteiger partial charge is 0.484 e. The zero-order chi connectivity index (χ0) is 26.3. The maximum atomic E-state index is 13.7. The SMILES string of the molecule is Cc1cc(OCC(=O)N(Cc2ccccc2C)C(Cc2ccccc2)C(=O)NC(C)(C)C)ccc1Cl. The molecule has 1 unspecified atom stereocenters. The van der Waals surface area contributed by atoms with Crippen LogP contribution in [0.1, 0.15) is 43.0 Å². The van der Waals surface area contributed by atoms with Crippen molar-refractivity contribution < 1.29 is 14.3 Å². The highest BCUT2D eigenvalue weighted by atomic mass is 35.5. The molecule has 0 radical (unpaired) electrons. The molecule has 0 saturated heterocycles. The minimum Gasteiger partial charge on any atom is -0.484 e. The maximum absolute atomic E-state index is 13.7. The zero-order valence-corrected chi connectivity index (χ0v) is 22.4. The highest BCUT2D eigenvalue weighted by Gasteiger charge is 2.32. The van der Waals surface area contributed by atoms with Gasteiger partial charge in [0.2, 0.25) is 5.91 Å². The normalized spacial score (nSPS) is 12.1. The van der Waals surface area contributed by atoms with Gasteiger partial charge in [-0.2, -0.15) is 0 Å². The molecule has 1 atom stereocenters. The molecular formula is C30H35ClN2O3. The minimum atomic E-state index is -0.714. The molecule has 0 aliphatic carbocycles. The van der Waals surface area contributed by atoms with Crippen molar-refractivity contribution in [2.24, 2.45) is 0 Å². The van der Waals surface area contributed by atoms with Crippen LogP contribution in [0.3, 0.4) is 0 Å². The van der Waals surface area contributed by atoms with Crippen LogP contribution < -0.4 is 10.1 Å². The molecule has 190 valence electrons. The Bertz CT molecular complexity index is 1190. The molecule has 0 aromatic heterocycles. The second-order valence-corrected chi connectivity index (χ2v) is 10.5. The van der Waals surface area contributed by atoms with Crippen molar-refractivity contribution in [1.82, 2.24) is 10.2 Å². The van der Waals surface area contributed by atoms with Gasteiger partial charge in [0.1, 0.15) is 11.8 Å². The summed E-state index contributed by atoms with van der Waals surface area (Å²) in [7, 11) is 0. The summed E-state index contributed by atoms with van der Waals surface area (Å²) in [6, 6.07) is 22.2. The van der Waals surface area contributed by atoms with Crippen molar-refractivity contribution in [2.45, 2.75) is 59.2 Å². The molecule has 0 bridgehead atoms. The monoisotopic (exact) mass is 506 g/mol. The van der Waals surface area contributed by atoms with E-state index < -0.39 is 11.6 Å². The molecule has 0 fully saturated rings. The highest BCUT2D eigenvalue weighted by Crippen LogP contribution is 2.22. The molecule has 0 heterocycles. The van der Waals surface area contributed by atoms with Gasteiger partial charge in [-0.25, -0.2) is 0 Å². The van der Waals surface area contributed by atoms with E-state index in [0.29, 0.717) is 23.7 Å². The summed E-state index contributed by atoms with van der Waals surface area (Å²) >= 11 is 6.13. The number of aryl methyl sites for hydroxylation is 2. The third kappa shape index (κ3) is 7.85. The number of rotatable bonds is 9. The van der Waals surface area contributed by atoms with Gasteiger partial charge in [0, 0.05) is 23.5 Å². The van der Waals surface area contributed by atoms with E-state index in [4.69, 9.17) is 16.3 Å². The predicted molar refractivity (Wildman–Crippen MR) is 145 cm³/mol. The van der Waals surface area contributed by atoms with Gasteiger partial charge in [-0.3, -0.25) is 9.59 Å². The van der Waals surface area contributed by atoms with Crippen molar-refractivity contribution >= 4 is 23.4 Å². The third-order valence-corrected chi connectivity index (χ3v) is 6.29. The summed E-state index contributed by atoms with van der Waals surface area (Å²) in [4.78, 5) is 28.9. The molecule has 3 aromatic rings. The molecule has 6 heteroatoms. The summed E-state index contributed by atoms with van der Waals surface area (Å²) in [5, 5.41) is 3.71. The van der Waals surface area contributed by atoms with Crippen LogP contribution in [0, 0.1) is 13.8 Å². The van der Waals surface area contributed by atoms with Gasteiger partial charge in [-0.1, -0.05) is 66.2 Å². The number of nitrogens with one attached hydrogen (secondary N) is 1. The van der Waals surface area contributed by atoms with Crippen molar-refractivity contribution in [1.29, 1.82) is 0 Å². The topological polar surface area (TPSA) is 58.6 Å². The first kappa shape index (κ1) is 27.3. The van der Waals surface area contributed by atoms with Crippen LogP contribution in [-0.2, 0) is 22.6 Å². The summed E-state index contributed by atoms with van der Waals surface area (Å²) in [6.07, 6.45) is 0.389. The predicted octanol–water partition coefficient (Wildman–Crippen LogP) is 5.89. The molecule has 0 aliphatic rings. The van der Waals surface area contributed by atoms with E-state index in [-0.39, 0.29) is 18.4 Å². The highest BCUT2D eigenvalue weighted by molar-refractivity contribution is 6.31. The number of benzene rings is 3. The van der Waals surface area contributed by atoms with Crippen molar-refractivity contribution in [3.05, 3.63) is 100 Å². The zero-order valence-electron chi connectivity index (χ0n) is 21.7. The first-order valence-electron chi connectivity index (χ1n) is 12.1. The molecule has 0 aliphatic heterocycles. The smallest absolute Gasteiger partial charge is 0.261 e. The Morgan fingerprint density at radius 3 is 2.25 bits per heavy atom. The Morgan fingerprint density at radius 2 is 1.61 bits per heavy atom. The van der Waals surface area contributed by atoms with Crippen LogP contribution in [0.25, 0.3) is 0 Å². The van der Waals surface area contributed by atoms with Crippen molar-refractivity contribution in [3.8, 4) is 5.75 Å². The number of hydrogen-bond acceptors (Lipinski definition) is 3. The third-order valence-electron chi connectivity index (χ3n) is 5.86. The first-order valence-corrected chi connectivity index (χ1v) is 12.5. The lowest BCUT2D eigenvalue weighted by Gasteiger charge is -2.34. The number of hydrogen-bond donors (Lipinski definition) is 1. The lowest BCUT2D eigenvalue weighted by Crippen LogP contribution is -2.55. The fraction of sp³-hybridized carbons (Fsp3) is 0.333. The van der Waals surface area contributed by atoms with Gasteiger partial charge in [0.05, 0.1) is 0 Å². The van der Waals surface area contributed by atoms with Gasteiger partial charge in [0.25, 0.3) is 5.91 Å². The number of halogens is 1. The van der Waals surface area contributed by atoms with Crippen molar-refractivity contribution in [3.63, 3.8) is 0 Å². The number of nitrogens with zero attached hydrogens (tertiary/aromatic N) is 1. The Hall–Kier alpha value is -3.31. The van der Waals surface area contributed by atoms with E-state index in [1.807, 2.05) is 89.2 Å². The van der Waals surface area contributed by atoms with E-state index in [9.17, 15) is 9.59 Å². The average Bonchev–Trinajstić information content (AvgIpc) is 2.82. The van der Waals surface area contributed by atoms with Gasteiger partial charge in [-0.05, 0) is 75.1 Å². The first-order chi connectivity index (χ1) is 17.0. The van der Waals surface area contributed by atoms with Gasteiger partial charge < -0.3 is 15.0 Å². The van der Waals surface area contributed by atoms with Gasteiger partial charge in [0.15, 0.2) is 6.61 Å². The summed E-state index contributed by atoms with van der Waals surface area (Å²) in [5.41, 5.74) is 3.43. The summed E-state index contributed by atoms with van der Waals surface area (Å²) < 4.78 is 5.85. The standard InChI is InChI=1S/C30H35ClN2O3/c1-21-11-9-10-14-24(21)19-33(28(34)20-36-25-15-16-26(31)22(2)17-25)27(29(35)32-30(3,4)5)18-23-12-7-6-8-13-23/h6-17,27H,18-20H2,1-5H3,(H,32,35). The van der Waals surface area contributed by atoms with Crippen LogP contribution in [0.5, 0.6) is 5.75 Å². The molecule has 36 heavy (non-hydrogen) atoms. The molecule has 2 amide bonds. The Morgan fingerprint density at radius 1 is 0.944 bits per heavy atom. The fourth-order valence-electron chi connectivity index (χ4n) is 3.91. The van der Waals surface area contributed by atoms with Crippen LogP contribution in [0.2, 0.25) is 5.02 Å². The average molecular weight is 507 g/mol. The molecule has 0 spiro atoms. The Balaban J connectivity index is 1.94. The van der Waals surface area contributed by atoms with Crippen LogP contribution in [-0.4, -0.2) is 34.9 Å². The van der Waals surface area contributed by atoms with E-state index in [0.717, 1.165) is 22.3 Å². The number of amides is 2. The van der Waals surface area contributed by atoms with E-state index in [2.05, 4.69) is 5.32 Å². The molecule has 3 aromatic carbocycles. The second kappa shape index (κ2) is 12.1. The van der Waals surface area contributed by atoms with E-state index in [1.165, 1.54) is 0 Å². The number of ether oxygens (including phenoxy) is 1. The summed E-state index contributed by atoms with van der Waals surface area (Å²) in [5.74, 6) is 0.0892. The van der Waals surface area contributed by atoms with Crippen molar-refractivity contribution in [2.75, 3.05) is 6.61 Å². The quantitative estimate of drug-likeness (QED) is 0.393. The molecule has 0 saturated carbocycles. The molecule has 5 nitrogen and oxygen atoms in total. The summed E-state index contributed by atoms with van der Waals surface area (Å²) in [6.45, 7) is 9.79. The van der Waals surface area contributed by atoms with Crippen LogP contribution >= 0.6 is 11.6 Å². The van der Waals surface area contributed by atoms with Crippen LogP contribution in [0.4, 0.5) is 0 Å². The van der Waals surface area contributed by atoms with E-state index in [1.54, 1.807) is 23.1 Å². The molecule has 3 rings (SSSR count). The van der Waals surface area contributed by atoms with Gasteiger partial charge >= 0.3 is 0 Å². The maximum Gasteiger partial charge on any atom is 0.261 e. The fourth-order valence-corrected chi connectivity index (χ4v) is 4.03. The number of carbonyl (C=O) groups is 2. The van der Waals surface area contributed by atoms with E-state index >= 15 is 0 Å². The number of carbonyl (C=O) groups excluding carboxylic acids is 2. The second-order valence-electron chi connectivity index (χ2n) is 10.1. The van der Waals surface area contributed by atoms with Crippen LogP contribution in [0.15, 0.2) is 72.8 Å². The lowest BCUT2D eigenvalue weighted by molar-refractivity contribution is -0.143. The van der Waals surface area contributed by atoms with Gasteiger partial charge in [-0.15, -0.1) is 0 Å². The molecular weight excluding hydrogens is 472 g/mol. The Kier molecular flexibility index (Phi) is 9.16. The minimum absolute atomic E-state index is 0.193. The lowest BCUT2D eigenvalue weighted by atomic mass is 10.00. The molecule has 1 N–H and O–H groups in total.